The molecule has 0 saturated heterocycles. The van der Waals surface area contributed by atoms with Gasteiger partial charge in [0.15, 0.2) is 0 Å². The van der Waals surface area contributed by atoms with Gasteiger partial charge in [-0.25, -0.2) is 0 Å². The molecule has 1 atom stereocenters. The molecule has 0 spiro atoms. The lowest BCUT2D eigenvalue weighted by molar-refractivity contribution is 0.281. The molecule has 2 N–H and O–H groups in total. The van der Waals surface area contributed by atoms with Gasteiger partial charge in [-0.15, -0.1) is 0 Å². The van der Waals surface area contributed by atoms with Gasteiger partial charge in [0.05, 0.1) is 17.9 Å². The number of aliphatic hydroxyl groups excluding tert-OH is 1. The number of benzene rings is 1. The third-order valence-corrected chi connectivity index (χ3v) is 2.06. The Labute approximate surface area is 84.0 Å². The van der Waals surface area contributed by atoms with Gasteiger partial charge in [0.2, 0.25) is 0 Å². The first-order chi connectivity index (χ1) is 6.69. The molecule has 0 heterocycles. The van der Waals surface area contributed by atoms with Crippen molar-refractivity contribution in [3.63, 3.8) is 0 Å². The minimum Gasteiger partial charge on any atom is -0.394 e. The van der Waals surface area contributed by atoms with Crippen molar-refractivity contribution in [1.29, 1.82) is 5.26 Å². The summed E-state index contributed by atoms with van der Waals surface area (Å²) in [6.45, 7) is 3.82. The number of hydrogen-bond acceptors (Lipinski definition) is 3. The van der Waals surface area contributed by atoms with E-state index in [1.165, 1.54) is 0 Å². The van der Waals surface area contributed by atoms with Gasteiger partial charge in [0, 0.05) is 6.04 Å². The van der Waals surface area contributed by atoms with Crippen LogP contribution >= 0.6 is 0 Å². The van der Waals surface area contributed by atoms with E-state index < -0.39 is 0 Å². The molecule has 0 radical (unpaired) electrons. The van der Waals surface area contributed by atoms with Gasteiger partial charge in [-0.05, 0) is 25.5 Å². The van der Waals surface area contributed by atoms with Gasteiger partial charge >= 0.3 is 0 Å². The summed E-state index contributed by atoms with van der Waals surface area (Å²) in [6, 6.07) is 7.74. The Morgan fingerprint density at radius 3 is 2.86 bits per heavy atom. The third kappa shape index (κ3) is 2.24. The fraction of sp³-hybridized carbons (Fsp3) is 0.364. The van der Waals surface area contributed by atoms with E-state index >= 15 is 0 Å². The molecule has 0 saturated carbocycles. The van der Waals surface area contributed by atoms with Crippen molar-refractivity contribution >= 4 is 5.69 Å². The fourth-order valence-corrected chi connectivity index (χ4v) is 1.25. The van der Waals surface area contributed by atoms with Crippen LogP contribution in [0.3, 0.4) is 0 Å². The maximum absolute atomic E-state index is 8.93. The SMILES string of the molecule is Cc1cccc(NC(C)CO)c1C#N. The van der Waals surface area contributed by atoms with Crippen LogP contribution in [0, 0.1) is 18.3 Å². The summed E-state index contributed by atoms with van der Waals surface area (Å²) >= 11 is 0. The molecule has 0 fully saturated rings. The summed E-state index contributed by atoms with van der Waals surface area (Å²) in [5.74, 6) is 0. The Hall–Kier alpha value is -1.53. The van der Waals surface area contributed by atoms with Crippen LogP contribution in [0.15, 0.2) is 18.2 Å². The molecule has 0 aliphatic heterocycles. The highest BCUT2D eigenvalue weighted by Crippen LogP contribution is 2.18. The van der Waals surface area contributed by atoms with Crippen LogP contribution in [0.5, 0.6) is 0 Å². The van der Waals surface area contributed by atoms with Gasteiger partial charge in [0.1, 0.15) is 6.07 Å². The second-order valence-electron chi connectivity index (χ2n) is 3.34. The van der Waals surface area contributed by atoms with Crippen molar-refractivity contribution in [2.45, 2.75) is 19.9 Å². The topological polar surface area (TPSA) is 56.0 Å². The van der Waals surface area contributed by atoms with Crippen LogP contribution in [0.1, 0.15) is 18.1 Å². The molecule has 1 aromatic rings. The lowest BCUT2D eigenvalue weighted by atomic mass is 10.1. The van der Waals surface area contributed by atoms with Crippen LogP contribution in [-0.2, 0) is 0 Å². The molecule has 0 aromatic heterocycles. The zero-order valence-corrected chi connectivity index (χ0v) is 8.41. The van der Waals surface area contributed by atoms with E-state index in [4.69, 9.17) is 10.4 Å². The summed E-state index contributed by atoms with van der Waals surface area (Å²) in [6.07, 6.45) is 0. The van der Waals surface area contributed by atoms with E-state index in [1.54, 1.807) is 0 Å². The minimum atomic E-state index is -0.0381. The molecule has 1 aromatic carbocycles. The summed E-state index contributed by atoms with van der Waals surface area (Å²) in [4.78, 5) is 0. The molecule has 0 bridgehead atoms. The standard InChI is InChI=1S/C11H14N2O/c1-8-4-3-5-11(10(8)6-12)13-9(2)7-14/h3-5,9,13-14H,7H2,1-2H3. The number of nitrogens with zero attached hydrogens (tertiary/aromatic N) is 1. The fourth-order valence-electron chi connectivity index (χ4n) is 1.25. The monoisotopic (exact) mass is 190 g/mol. The Bertz CT molecular complexity index is 355. The molecule has 74 valence electrons. The maximum Gasteiger partial charge on any atom is 0.102 e. The second kappa shape index (κ2) is 4.64. The predicted octanol–water partition coefficient (Wildman–Crippen LogP) is 1.66. The maximum atomic E-state index is 8.93. The first-order valence-corrected chi connectivity index (χ1v) is 4.56. The van der Waals surface area contributed by atoms with Crippen LogP contribution < -0.4 is 5.32 Å². The molecule has 14 heavy (non-hydrogen) atoms. The second-order valence-corrected chi connectivity index (χ2v) is 3.34. The van der Waals surface area contributed by atoms with Crippen LogP contribution in [0.2, 0.25) is 0 Å². The van der Waals surface area contributed by atoms with Gasteiger partial charge < -0.3 is 10.4 Å². The van der Waals surface area contributed by atoms with Crippen LogP contribution in [0.25, 0.3) is 0 Å². The molecular formula is C11H14N2O. The van der Waals surface area contributed by atoms with Crippen LogP contribution in [0.4, 0.5) is 5.69 Å². The van der Waals surface area contributed by atoms with Gasteiger partial charge in [-0.1, -0.05) is 12.1 Å². The molecule has 0 amide bonds. The lowest BCUT2D eigenvalue weighted by Gasteiger charge is -2.14. The smallest absolute Gasteiger partial charge is 0.102 e. The average Bonchev–Trinajstić information content (AvgIpc) is 2.18. The molecule has 3 nitrogen and oxygen atoms in total. The quantitative estimate of drug-likeness (QED) is 0.762. The van der Waals surface area contributed by atoms with Crippen molar-refractivity contribution in [1.82, 2.24) is 0 Å². The predicted molar refractivity (Wildman–Crippen MR) is 56.1 cm³/mol. The van der Waals surface area contributed by atoms with E-state index in [2.05, 4.69) is 11.4 Å². The average molecular weight is 190 g/mol. The summed E-state index contributed by atoms with van der Waals surface area (Å²) in [5.41, 5.74) is 2.38. The molecule has 0 aliphatic carbocycles. The lowest BCUT2D eigenvalue weighted by Crippen LogP contribution is -2.20. The third-order valence-electron chi connectivity index (χ3n) is 2.06. The highest BCUT2D eigenvalue weighted by Gasteiger charge is 2.06. The largest absolute Gasteiger partial charge is 0.394 e. The van der Waals surface area contributed by atoms with Crippen molar-refractivity contribution in [3.8, 4) is 6.07 Å². The van der Waals surface area contributed by atoms with E-state index in [1.807, 2.05) is 32.0 Å². The number of nitrogens with one attached hydrogen (secondary N) is 1. The molecule has 1 rings (SSSR count). The van der Waals surface area contributed by atoms with E-state index in [-0.39, 0.29) is 12.6 Å². The molecule has 3 heteroatoms. The van der Waals surface area contributed by atoms with Gasteiger partial charge in [-0.2, -0.15) is 5.26 Å². The molecular weight excluding hydrogens is 176 g/mol. The minimum absolute atomic E-state index is 0.0381. The Morgan fingerprint density at radius 2 is 2.29 bits per heavy atom. The van der Waals surface area contributed by atoms with Crippen molar-refractivity contribution in [2.24, 2.45) is 0 Å². The normalized spacial score (nSPS) is 11.9. The van der Waals surface area contributed by atoms with Crippen molar-refractivity contribution in [2.75, 3.05) is 11.9 Å². The van der Waals surface area contributed by atoms with Crippen LogP contribution in [-0.4, -0.2) is 17.8 Å². The highest BCUT2D eigenvalue weighted by molar-refractivity contribution is 5.60. The molecule has 1 unspecified atom stereocenters. The number of rotatable bonds is 3. The first-order valence-electron chi connectivity index (χ1n) is 4.56. The van der Waals surface area contributed by atoms with Crippen molar-refractivity contribution in [3.05, 3.63) is 29.3 Å². The number of aryl methyl sites for hydroxylation is 1. The zero-order chi connectivity index (χ0) is 10.6. The van der Waals surface area contributed by atoms with Gasteiger partial charge in [0.25, 0.3) is 0 Å². The van der Waals surface area contributed by atoms with E-state index in [0.717, 1.165) is 11.3 Å². The highest BCUT2D eigenvalue weighted by atomic mass is 16.3. The summed E-state index contributed by atoms with van der Waals surface area (Å²) < 4.78 is 0. The summed E-state index contributed by atoms with van der Waals surface area (Å²) in [5, 5.41) is 20.9. The number of aliphatic hydroxyl groups is 1. The first kappa shape index (κ1) is 10.6. The van der Waals surface area contributed by atoms with Crippen molar-refractivity contribution < 1.29 is 5.11 Å². The van der Waals surface area contributed by atoms with E-state index in [9.17, 15) is 0 Å². The Morgan fingerprint density at radius 1 is 1.57 bits per heavy atom. The Kier molecular flexibility index (Phi) is 3.49. The number of hydrogen-bond donors (Lipinski definition) is 2. The number of anilines is 1. The molecule has 0 aliphatic rings. The Balaban J connectivity index is 2.98. The van der Waals surface area contributed by atoms with Gasteiger partial charge in [-0.3, -0.25) is 0 Å². The zero-order valence-electron chi connectivity index (χ0n) is 8.41. The summed E-state index contributed by atoms with van der Waals surface area (Å²) in [7, 11) is 0. The van der Waals surface area contributed by atoms with E-state index in [0.29, 0.717) is 5.56 Å². The number of nitriles is 1.